The van der Waals surface area contributed by atoms with Crippen LogP contribution in [0.1, 0.15) is 11.8 Å². The zero-order chi connectivity index (χ0) is 15.9. The van der Waals surface area contributed by atoms with Gasteiger partial charge in [-0.25, -0.2) is 9.18 Å². The molecule has 1 aliphatic heterocycles. The monoisotopic (exact) mass is 314 g/mol. The minimum absolute atomic E-state index is 0.140. The molecule has 118 valence electrons. The number of hydrogen-bond donors (Lipinski definition) is 3. The second-order valence-electron chi connectivity index (χ2n) is 4.39. The fourth-order valence-electron chi connectivity index (χ4n) is 1.96. The van der Waals surface area contributed by atoms with Crippen molar-refractivity contribution in [3.05, 3.63) is 32.6 Å². The van der Waals surface area contributed by atoms with Crippen molar-refractivity contribution >= 4 is 0 Å². The first-order chi connectivity index (χ1) is 9.66. The smallest absolute Gasteiger partial charge is 0.394 e. The quantitative estimate of drug-likeness (QED) is 0.617. The van der Waals surface area contributed by atoms with Gasteiger partial charge < -0.3 is 14.9 Å². The largest absolute Gasteiger partial charge is 0.423 e. The molecule has 0 aliphatic carbocycles. The molecule has 0 radical (unpaired) electrons. The van der Waals surface area contributed by atoms with Crippen LogP contribution in [-0.2, 0) is 10.9 Å². The molecule has 4 atom stereocenters. The molecular formula is C10H10F4N2O5. The normalized spacial score (nSPS) is 29.8. The molecule has 1 fully saturated rings. The van der Waals surface area contributed by atoms with E-state index in [9.17, 15) is 32.3 Å². The molecule has 7 nitrogen and oxygen atoms in total. The third-order valence-corrected chi connectivity index (χ3v) is 3.02. The van der Waals surface area contributed by atoms with E-state index < -0.39 is 54.2 Å². The van der Waals surface area contributed by atoms with Gasteiger partial charge in [0.05, 0.1) is 6.61 Å². The molecule has 0 spiro atoms. The summed E-state index contributed by atoms with van der Waals surface area (Å²) in [5.74, 6) is 0. The summed E-state index contributed by atoms with van der Waals surface area (Å²) in [6, 6.07) is 0. The van der Waals surface area contributed by atoms with Crippen molar-refractivity contribution in [2.45, 2.75) is 30.8 Å². The average molecular weight is 314 g/mol. The van der Waals surface area contributed by atoms with E-state index in [4.69, 9.17) is 9.84 Å². The highest BCUT2D eigenvalue weighted by Gasteiger charge is 2.46. The van der Waals surface area contributed by atoms with E-state index in [1.165, 1.54) is 4.98 Å². The summed E-state index contributed by atoms with van der Waals surface area (Å²) >= 11 is 0. The van der Waals surface area contributed by atoms with Crippen molar-refractivity contribution in [2.75, 3.05) is 6.61 Å². The van der Waals surface area contributed by atoms with Crippen molar-refractivity contribution < 1.29 is 32.5 Å². The first-order valence-corrected chi connectivity index (χ1v) is 5.68. The Kier molecular flexibility index (Phi) is 3.91. The molecule has 2 heterocycles. The summed E-state index contributed by atoms with van der Waals surface area (Å²) in [7, 11) is 0. The Labute approximate surface area is 113 Å². The molecule has 1 aliphatic rings. The third kappa shape index (κ3) is 2.71. The van der Waals surface area contributed by atoms with Crippen LogP contribution >= 0.6 is 0 Å². The van der Waals surface area contributed by atoms with Crippen LogP contribution in [-0.4, -0.2) is 44.8 Å². The van der Waals surface area contributed by atoms with Crippen molar-refractivity contribution in [1.29, 1.82) is 0 Å². The lowest BCUT2D eigenvalue weighted by Gasteiger charge is -2.18. The standard InChI is InChI=1S/C10H10F4N2O5/c11-5-4(2-17)21-8(6(5)18)16-1-3(10(12,13)14)7(19)15-9(16)20/h1,4-6,8,17-18H,2H2,(H,15,19,20)/t4-,5?,6+,8-/m1/s1. The molecule has 0 amide bonds. The number of aliphatic hydroxyl groups excluding tert-OH is 2. The number of rotatable bonds is 2. The molecule has 1 saturated heterocycles. The fraction of sp³-hybridized carbons (Fsp3) is 0.600. The maximum Gasteiger partial charge on any atom is 0.423 e. The highest BCUT2D eigenvalue weighted by molar-refractivity contribution is 5.10. The van der Waals surface area contributed by atoms with Gasteiger partial charge in [0.1, 0.15) is 17.8 Å². The number of alkyl halides is 4. The Bertz CT molecular complexity index is 640. The molecule has 3 N–H and O–H groups in total. The molecule has 2 rings (SSSR count). The van der Waals surface area contributed by atoms with Crippen LogP contribution in [0.25, 0.3) is 0 Å². The lowest BCUT2D eigenvalue weighted by Crippen LogP contribution is -2.39. The summed E-state index contributed by atoms with van der Waals surface area (Å²) in [5, 5.41) is 18.4. The minimum Gasteiger partial charge on any atom is -0.394 e. The van der Waals surface area contributed by atoms with Crippen LogP contribution in [0, 0.1) is 0 Å². The Morgan fingerprint density at radius 3 is 2.48 bits per heavy atom. The van der Waals surface area contributed by atoms with Gasteiger partial charge in [0.2, 0.25) is 0 Å². The third-order valence-electron chi connectivity index (χ3n) is 3.02. The molecular weight excluding hydrogens is 304 g/mol. The molecule has 0 saturated carbocycles. The number of aromatic nitrogens is 2. The molecule has 21 heavy (non-hydrogen) atoms. The summed E-state index contributed by atoms with van der Waals surface area (Å²) in [4.78, 5) is 24.0. The van der Waals surface area contributed by atoms with Crippen molar-refractivity contribution in [3.8, 4) is 0 Å². The maximum absolute atomic E-state index is 13.5. The first kappa shape index (κ1) is 15.7. The second-order valence-corrected chi connectivity index (χ2v) is 4.39. The van der Waals surface area contributed by atoms with Crippen LogP contribution in [0.4, 0.5) is 17.6 Å². The predicted molar refractivity (Wildman–Crippen MR) is 58.2 cm³/mol. The van der Waals surface area contributed by atoms with E-state index in [1.807, 2.05) is 0 Å². The lowest BCUT2D eigenvalue weighted by atomic mass is 10.1. The molecule has 11 heteroatoms. The number of aromatic amines is 1. The van der Waals surface area contributed by atoms with Crippen molar-refractivity contribution in [2.24, 2.45) is 0 Å². The number of nitrogens with zero attached hydrogens (tertiary/aromatic N) is 1. The van der Waals surface area contributed by atoms with E-state index in [0.29, 0.717) is 0 Å². The van der Waals surface area contributed by atoms with E-state index >= 15 is 0 Å². The number of H-pyrrole nitrogens is 1. The SMILES string of the molecule is O=c1[nH]c(=O)n([C@@H]2O[C@H](CO)C(F)[C@@H]2O)cc1C(F)(F)F. The summed E-state index contributed by atoms with van der Waals surface area (Å²) in [6.07, 6.45) is -12.2. The van der Waals surface area contributed by atoms with Gasteiger partial charge in [0, 0.05) is 6.20 Å². The molecule has 0 aromatic carbocycles. The molecule has 1 unspecified atom stereocenters. The Morgan fingerprint density at radius 1 is 1.38 bits per heavy atom. The van der Waals surface area contributed by atoms with Gasteiger partial charge in [0.15, 0.2) is 12.4 Å². The number of halogens is 4. The molecule has 1 aromatic rings. The van der Waals surface area contributed by atoms with Crippen LogP contribution in [0.15, 0.2) is 15.8 Å². The Hall–Kier alpha value is -1.72. The van der Waals surface area contributed by atoms with E-state index in [-0.39, 0.29) is 10.8 Å². The van der Waals surface area contributed by atoms with Gasteiger partial charge in [-0.05, 0) is 0 Å². The molecule has 1 aromatic heterocycles. The van der Waals surface area contributed by atoms with Gasteiger partial charge in [-0.15, -0.1) is 0 Å². The van der Waals surface area contributed by atoms with Gasteiger partial charge in [0.25, 0.3) is 5.56 Å². The van der Waals surface area contributed by atoms with Crippen LogP contribution in [0.5, 0.6) is 0 Å². The highest BCUT2D eigenvalue weighted by atomic mass is 19.4. The van der Waals surface area contributed by atoms with Gasteiger partial charge >= 0.3 is 11.9 Å². The Balaban J connectivity index is 2.50. The van der Waals surface area contributed by atoms with E-state index in [0.717, 1.165) is 0 Å². The zero-order valence-electron chi connectivity index (χ0n) is 10.2. The van der Waals surface area contributed by atoms with Gasteiger partial charge in [-0.2, -0.15) is 13.2 Å². The van der Waals surface area contributed by atoms with Crippen molar-refractivity contribution in [3.63, 3.8) is 0 Å². The lowest BCUT2D eigenvalue weighted by molar-refractivity contribution is -0.140. The topological polar surface area (TPSA) is 105 Å². The molecule has 0 bridgehead atoms. The summed E-state index contributed by atoms with van der Waals surface area (Å²) in [6.45, 7) is -0.834. The van der Waals surface area contributed by atoms with E-state index in [2.05, 4.69) is 0 Å². The summed E-state index contributed by atoms with van der Waals surface area (Å²) in [5.41, 5.74) is -4.66. The number of aliphatic hydroxyl groups is 2. The van der Waals surface area contributed by atoms with Gasteiger partial charge in [-0.3, -0.25) is 14.3 Å². The zero-order valence-corrected chi connectivity index (χ0v) is 10.2. The number of hydrogen-bond acceptors (Lipinski definition) is 5. The fourth-order valence-corrected chi connectivity index (χ4v) is 1.96. The summed E-state index contributed by atoms with van der Waals surface area (Å²) < 4.78 is 56.4. The average Bonchev–Trinajstić information content (AvgIpc) is 2.65. The van der Waals surface area contributed by atoms with E-state index in [1.54, 1.807) is 0 Å². The minimum atomic E-state index is -5.04. The van der Waals surface area contributed by atoms with Crippen LogP contribution in [0.2, 0.25) is 0 Å². The highest BCUT2D eigenvalue weighted by Crippen LogP contribution is 2.31. The first-order valence-electron chi connectivity index (χ1n) is 5.68. The van der Waals surface area contributed by atoms with Crippen molar-refractivity contribution in [1.82, 2.24) is 9.55 Å². The number of nitrogens with one attached hydrogen (secondary N) is 1. The predicted octanol–water partition coefficient (Wildman–Crippen LogP) is -0.856. The van der Waals surface area contributed by atoms with Crippen LogP contribution < -0.4 is 11.2 Å². The second kappa shape index (κ2) is 5.24. The number of ether oxygens (including phenoxy) is 1. The Morgan fingerprint density at radius 2 is 2.00 bits per heavy atom. The van der Waals surface area contributed by atoms with Crippen LogP contribution in [0.3, 0.4) is 0 Å². The maximum atomic E-state index is 13.5. The van der Waals surface area contributed by atoms with Gasteiger partial charge in [-0.1, -0.05) is 0 Å².